The molecule has 0 radical (unpaired) electrons. The number of aromatic nitrogens is 2. The molecule has 1 unspecified atom stereocenters. The highest BCUT2D eigenvalue weighted by Crippen LogP contribution is 2.33. The molecule has 1 aliphatic heterocycles. The first-order chi connectivity index (χ1) is 11.5. The summed E-state index contributed by atoms with van der Waals surface area (Å²) in [5.41, 5.74) is 3.24. The summed E-state index contributed by atoms with van der Waals surface area (Å²) in [6.07, 6.45) is 4.81. The molecule has 0 bridgehead atoms. The van der Waals surface area contributed by atoms with Gasteiger partial charge in [0.05, 0.1) is 11.6 Å². The lowest BCUT2D eigenvalue weighted by molar-refractivity contribution is 0.0602. The summed E-state index contributed by atoms with van der Waals surface area (Å²) in [5, 5.41) is 2.66. The molecule has 1 atom stereocenters. The molecule has 2 aromatic heterocycles. The predicted molar refractivity (Wildman–Crippen MR) is 92.0 cm³/mol. The predicted octanol–water partition coefficient (Wildman–Crippen LogP) is 2.39. The van der Waals surface area contributed by atoms with Gasteiger partial charge in [0.1, 0.15) is 5.69 Å². The number of nitrogens with one attached hydrogen (secondary N) is 2. The van der Waals surface area contributed by atoms with Crippen molar-refractivity contribution in [3.8, 4) is 0 Å². The third-order valence-electron chi connectivity index (χ3n) is 4.91. The molecular weight excluding hydrogens is 304 g/mol. The van der Waals surface area contributed by atoms with Crippen LogP contribution in [0.2, 0.25) is 0 Å². The number of piperidine rings is 1. The molecule has 1 fully saturated rings. The van der Waals surface area contributed by atoms with Crippen LogP contribution in [0.5, 0.6) is 0 Å². The van der Waals surface area contributed by atoms with E-state index in [-0.39, 0.29) is 17.9 Å². The molecule has 0 saturated carbocycles. The van der Waals surface area contributed by atoms with Crippen molar-refractivity contribution in [1.29, 1.82) is 0 Å². The Hall–Kier alpha value is -2.50. The minimum absolute atomic E-state index is 0.00366. The second-order valence-corrected chi connectivity index (χ2v) is 6.31. The van der Waals surface area contributed by atoms with E-state index in [0.717, 1.165) is 42.8 Å². The fourth-order valence-corrected chi connectivity index (χ4v) is 3.54. The number of aromatic amines is 1. The minimum Gasteiger partial charge on any atom is -0.365 e. The summed E-state index contributed by atoms with van der Waals surface area (Å²) in [6, 6.07) is 5.63. The largest absolute Gasteiger partial charge is 0.365 e. The van der Waals surface area contributed by atoms with Crippen LogP contribution < -0.4 is 5.32 Å². The first-order valence-electron chi connectivity index (χ1n) is 8.37. The summed E-state index contributed by atoms with van der Waals surface area (Å²) in [7, 11) is 3.51. The summed E-state index contributed by atoms with van der Waals surface area (Å²) in [6.45, 7) is 2.66. The van der Waals surface area contributed by atoms with Crippen LogP contribution in [0.25, 0.3) is 0 Å². The maximum atomic E-state index is 13.0. The average Bonchev–Trinajstić information content (AvgIpc) is 3.19. The number of carbonyl (C=O) groups is 2. The van der Waals surface area contributed by atoms with Crippen LogP contribution in [-0.2, 0) is 7.05 Å². The van der Waals surface area contributed by atoms with Gasteiger partial charge in [-0.3, -0.25) is 9.59 Å². The number of rotatable bonds is 3. The van der Waals surface area contributed by atoms with E-state index in [9.17, 15) is 9.59 Å². The van der Waals surface area contributed by atoms with Crippen molar-refractivity contribution in [2.75, 3.05) is 13.6 Å². The summed E-state index contributed by atoms with van der Waals surface area (Å²) in [5.74, 6) is -0.0555. The van der Waals surface area contributed by atoms with Crippen LogP contribution in [-0.4, -0.2) is 39.9 Å². The SMILES string of the molecule is CNC(=O)c1ccc(C2CCCCN2C(=O)c2cc[nH]c2C)n1C. The number of hydrogen-bond donors (Lipinski definition) is 2. The van der Waals surface area contributed by atoms with Gasteiger partial charge in [-0.1, -0.05) is 0 Å². The van der Waals surface area contributed by atoms with Crippen molar-refractivity contribution in [2.24, 2.45) is 7.05 Å². The number of aryl methyl sites for hydroxylation is 1. The van der Waals surface area contributed by atoms with Crippen molar-refractivity contribution >= 4 is 11.8 Å². The van der Waals surface area contributed by atoms with Gasteiger partial charge in [-0.25, -0.2) is 0 Å². The molecule has 1 saturated heterocycles. The lowest BCUT2D eigenvalue weighted by Gasteiger charge is -2.36. The Morgan fingerprint density at radius 2 is 2.04 bits per heavy atom. The Bertz CT molecular complexity index is 759. The molecule has 1 aliphatic rings. The van der Waals surface area contributed by atoms with Crippen LogP contribution in [0, 0.1) is 6.92 Å². The van der Waals surface area contributed by atoms with Gasteiger partial charge in [-0.15, -0.1) is 0 Å². The highest BCUT2D eigenvalue weighted by molar-refractivity contribution is 5.96. The zero-order valence-electron chi connectivity index (χ0n) is 14.4. The van der Waals surface area contributed by atoms with Crippen molar-refractivity contribution in [3.05, 3.63) is 47.0 Å². The second-order valence-electron chi connectivity index (χ2n) is 6.31. The molecule has 0 aromatic carbocycles. The minimum atomic E-state index is -0.112. The summed E-state index contributed by atoms with van der Waals surface area (Å²) >= 11 is 0. The van der Waals surface area contributed by atoms with E-state index in [4.69, 9.17) is 0 Å². The average molecular weight is 328 g/mol. The number of nitrogens with zero attached hydrogens (tertiary/aromatic N) is 2. The molecule has 24 heavy (non-hydrogen) atoms. The Morgan fingerprint density at radius 1 is 1.25 bits per heavy atom. The third-order valence-corrected chi connectivity index (χ3v) is 4.91. The number of likely N-dealkylation sites (tertiary alicyclic amines) is 1. The van der Waals surface area contributed by atoms with Crippen molar-refractivity contribution in [2.45, 2.75) is 32.2 Å². The molecular formula is C18H24N4O2. The van der Waals surface area contributed by atoms with Crippen LogP contribution >= 0.6 is 0 Å². The van der Waals surface area contributed by atoms with E-state index >= 15 is 0 Å². The van der Waals surface area contributed by atoms with E-state index in [2.05, 4.69) is 10.3 Å². The molecule has 6 nitrogen and oxygen atoms in total. The maximum Gasteiger partial charge on any atom is 0.267 e. The smallest absolute Gasteiger partial charge is 0.267 e. The highest BCUT2D eigenvalue weighted by Gasteiger charge is 2.31. The molecule has 3 rings (SSSR count). The fourth-order valence-electron chi connectivity index (χ4n) is 3.54. The maximum absolute atomic E-state index is 13.0. The van der Waals surface area contributed by atoms with Crippen LogP contribution in [0.3, 0.4) is 0 Å². The van der Waals surface area contributed by atoms with Crippen molar-refractivity contribution in [1.82, 2.24) is 19.8 Å². The number of H-pyrrole nitrogens is 1. The van der Waals surface area contributed by atoms with E-state index in [0.29, 0.717) is 5.69 Å². The van der Waals surface area contributed by atoms with Gasteiger partial charge >= 0.3 is 0 Å². The van der Waals surface area contributed by atoms with Gasteiger partial charge in [0.25, 0.3) is 11.8 Å². The Labute approximate surface area is 141 Å². The number of carbonyl (C=O) groups excluding carboxylic acids is 2. The fraction of sp³-hybridized carbons (Fsp3) is 0.444. The van der Waals surface area contributed by atoms with Gasteiger partial charge in [0, 0.05) is 38.2 Å². The van der Waals surface area contributed by atoms with E-state index < -0.39 is 0 Å². The molecule has 128 valence electrons. The monoisotopic (exact) mass is 328 g/mol. The quantitative estimate of drug-likeness (QED) is 0.908. The van der Waals surface area contributed by atoms with Crippen LogP contribution in [0.15, 0.2) is 24.4 Å². The second kappa shape index (κ2) is 6.55. The molecule has 2 aromatic rings. The Kier molecular flexibility index (Phi) is 4.46. The van der Waals surface area contributed by atoms with Gasteiger partial charge in [0.2, 0.25) is 0 Å². The van der Waals surface area contributed by atoms with Gasteiger partial charge in [-0.2, -0.15) is 0 Å². The standard InChI is InChI=1S/C18H24N4O2/c1-12-13(9-10-20-12)18(24)22-11-5-4-6-15(22)14-7-8-16(21(14)3)17(23)19-2/h7-10,15,20H,4-6,11H2,1-3H3,(H,19,23). The van der Waals surface area contributed by atoms with Gasteiger partial charge in [0.15, 0.2) is 0 Å². The lowest BCUT2D eigenvalue weighted by Crippen LogP contribution is -2.39. The first-order valence-corrected chi connectivity index (χ1v) is 8.37. The number of hydrogen-bond acceptors (Lipinski definition) is 2. The molecule has 0 aliphatic carbocycles. The van der Waals surface area contributed by atoms with E-state index in [1.807, 2.05) is 41.6 Å². The zero-order valence-corrected chi connectivity index (χ0v) is 14.4. The Morgan fingerprint density at radius 3 is 2.71 bits per heavy atom. The van der Waals surface area contributed by atoms with Crippen molar-refractivity contribution < 1.29 is 9.59 Å². The summed E-state index contributed by atoms with van der Waals surface area (Å²) < 4.78 is 1.90. The zero-order chi connectivity index (χ0) is 17.3. The van der Waals surface area contributed by atoms with Gasteiger partial charge in [-0.05, 0) is 44.4 Å². The van der Waals surface area contributed by atoms with Crippen molar-refractivity contribution in [3.63, 3.8) is 0 Å². The van der Waals surface area contributed by atoms with Gasteiger partial charge < -0.3 is 19.8 Å². The van der Waals surface area contributed by atoms with E-state index in [1.54, 1.807) is 13.2 Å². The van der Waals surface area contributed by atoms with E-state index in [1.165, 1.54) is 0 Å². The topological polar surface area (TPSA) is 70.1 Å². The highest BCUT2D eigenvalue weighted by atomic mass is 16.2. The Balaban J connectivity index is 1.93. The molecule has 6 heteroatoms. The van der Waals surface area contributed by atoms with Crippen LogP contribution in [0.4, 0.5) is 0 Å². The molecule has 3 heterocycles. The lowest BCUT2D eigenvalue weighted by atomic mass is 9.98. The first kappa shape index (κ1) is 16.4. The van der Waals surface area contributed by atoms with Crippen LogP contribution in [0.1, 0.15) is 57.5 Å². The summed E-state index contributed by atoms with van der Waals surface area (Å²) in [4.78, 5) is 30.0. The third kappa shape index (κ3) is 2.72. The normalized spacial score (nSPS) is 17.8. The molecule has 0 spiro atoms. The molecule has 2 amide bonds. The number of amides is 2. The molecule has 2 N–H and O–H groups in total.